The standard InChI is InChI=1S/C28H31FN5OP.CH3F/c1-5-25(33-34(20(3)35)18-21-8-11-26(28(29)36)32-16-21)27(23-12-14-31-15-13-23)24(17-30-4)22-9-6-19(2)7-10-22;1-2/h6-17,28H,5,18,36H2,1-4H3;1H3/b27-24+,30-17?,33-25+;. The molecule has 1 amide bonds. The summed E-state index contributed by atoms with van der Waals surface area (Å²) in [6.45, 7) is 5.74. The van der Waals surface area contributed by atoms with Gasteiger partial charge in [-0.1, -0.05) is 52.1 Å². The molecule has 1 aromatic carbocycles. The number of hydrogen-bond donors (Lipinski definition) is 0. The maximum atomic E-state index is 13.5. The molecule has 0 saturated heterocycles. The molecule has 0 fully saturated rings. The molecule has 38 heavy (non-hydrogen) atoms. The molecule has 0 aliphatic rings. The number of alkyl halides is 2. The summed E-state index contributed by atoms with van der Waals surface area (Å²) in [5.41, 5.74) is 6.64. The topological polar surface area (TPSA) is 70.8 Å². The van der Waals surface area contributed by atoms with Crippen LogP contribution in [0.2, 0.25) is 0 Å². The molecule has 0 radical (unpaired) electrons. The molecule has 0 bridgehead atoms. The summed E-state index contributed by atoms with van der Waals surface area (Å²) in [6.07, 6.45) is 7.44. The molecule has 3 rings (SSSR count). The first kappa shape index (κ1) is 30.6. The van der Waals surface area contributed by atoms with Crippen LogP contribution < -0.4 is 0 Å². The first-order valence-corrected chi connectivity index (χ1v) is 12.7. The Bertz CT molecular complexity index is 1260. The maximum absolute atomic E-state index is 13.5. The molecule has 0 aliphatic heterocycles. The summed E-state index contributed by atoms with van der Waals surface area (Å²) in [6, 6.07) is 15.5. The quantitative estimate of drug-likeness (QED) is 0.175. The third kappa shape index (κ3) is 8.45. The number of hydrazone groups is 1. The molecule has 2 unspecified atom stereocenters. The molecule has 0 saturated carbocycles. The van der Waals surface area contributed by atoms with Gasteiger partial charge in [0.05, 0.1) is 25.1 Å². The van der Waals surface area contributed by atoms with Crippen molar-refractivity contribution in [2.75, 3.05) is 14.2 Å². The Hall–Kier alpha value is -3.64. The second kappa shape index (κ2) is 15.6. The predicted octanol–water partition coefficient (Wildman–Crippen LogP) is 6.64. The van der Waals surface area contributed by atoms with Gasteiger partial charge in [0, 0.05) is 49.9 Å². The molecule has 200 valence electrons. The number of nitrogens with zero attached hydrogens (tertiary/aromatic N) is 5. The average Bonchev–Trinajstić information content (AvgIpc) is 2.94. The number of rotatable bonds is 9. The second-order valence-electron chi connectivity index (χ2n) is 8.25. The minimum Gasteiger partial charge on any atom is -0.296 e. The lowest BCUT2D eigenvalue weighted by Crippen LogP contribution is -2.25. The fraction of sp³-hybridized carbons (Fsp3) is 0.276. The van der Waals surface area contributed by atoms with Crippen molar-refractivity contribution < 1.29 is 13.6 Å². The Balaban J connectivity index is 0.00000247. The number of aryl methyl sites for hydroxylation is 1. The van der Waals surface area contributed by atoms with Gasteiger partial charge in [0.1, 0.15) is 0 Å². The molecular weight excluding hydrogens is 503 g/mol. The number of aromatic nitrogens is 2. The van der Waals surface area contributed by atoms with E-state index in [1.807, 2.05) is 32.2 Å². The van der Waals surface area contributed by atoms with Crippen LogP contribution in [0.3, 0.4) is 0 Å². The number of benzene rings is 1. The third-order valence-corrected chi connectivity index (χ3v) is 5.89. The van der Waals surface area contributed by atoms with Crippen LogP contribution in [0.15, 0.2) is 77.2 Å². The van der Waals surface area contributed by atoms with Gasteiger partial charge in [0.15, 0.2) is 5.91 Å². The van der Waals surface area contributed by atoms with Crippen LogP contribution in [-0.4, -0.2) is 47.0 Å². The number of aliphatic imine (C=N–C) groups is 1. The van der Waals surface area contributed by atoms with E-state index in [1.54, 1.807) is 37.8 Å². The molecule has 3 aromatic rings. The van der Waals surface area contributed by atoms with E-state index in [0.717, 1.165) is 39.1 Å². The Labute approximate surface area is 225 Å². The van der Waals surface area contributed by atoms with Crippen molar-refractivity contribution in [2.45, 2.75) is 39.6 Å². The van der Waals surface area contributed by atoms with Crippen LogP contribution in [0, 0.1) is 6.92 Å². The van der Waals surface area contributed by atoms with Crippen molar-refractivity contribution in [2.24, 2.45) is 10.1 Å². The van der Waals surface area contributed by atoms with Crippen molar-refractivity contribution in [3.05, 3.63) is 95.1 Å². The highest BCUT2D eigenvalue weighted by Gasteiger charge is 2.19. The summed E-state index contributed by atoms with van der Waals surface area (Å²) in [4.78, 5) is 25.3. The highest BCUT2D eigenvalue weighted by Crippen LogP contribution is 2.29. The number of halogens is 2. The van der Waals surface area contributed by atoms with Gasteiger partial charge in [-0.3, -0.25) is 24.1 Å². The minimum atomic E-state index is -1.24. The van der Waals surface area contributed by atoms with Crippen molar-refractivity contribution >= 4 is 38.2 Å². The van der Waals surface area contributed by atoms with Crippen molar-refractivity contribution in [3.63, 3.8) is 0 Å². The monoisotopic (exact) mass is 537 g/mol. The average molecular weight is 538 g/mol. The predicted molar refractivity (Wildman–Crippen MR) is 155 cm³/mol. The first-order valence-electron chi connectivity index (χ1n) is 12.1. The van der Waals surface area contributed by atoms with Gasteiger partial charge in [0.25, 0.3) is 0 Å². The van der Waals surface area contributed by atoms with Gasteiger partial charge in [-0.2, -0.15) is 5.10 Å². The van der Waals surface area contributed by atoms with Crippen molar-refractivity contribution in [1.29, 1.82) is 0 Å². The SMILES string of the molecule is CCC(=N\N(Cc1ccc(C(F)P)nc1)C(C)=O)/C(=C(\C=NC)c1ccc(C)cc1)c1ccncc1.CF. The van der Waals surface area contributed by atoms with Gasteiger partial charge in [-0.25, -0.2) is 9.40 Å². The van der Waals surface area contributed by atoms with E-state index in [-0.39, 0.29) is 12.5 Å². The normalized spacial score (nSPS) is 12.9. The van der Waals surface area contributed by atoms with Gasteiger partial charge in [0.2, 0.25) is 5.91 Å². The van der Waals surface area contributed by atoms with Crippen LogP contribution in [0.4, 0.5) is 8.78 Å². The first-order chi connectivity index (χ1) is 18.3. The van der Waals surface area contributed by atoms with Crippen LogP contribution in [-0.2, 0) is 11.3 Å². The van der Waals surface area contributed by atoms with E-state index in [0.29, 0.717) is 19.3 Å². The van der Waals surface area contributed by atoms with E-state index in [1.165, 1.54) is 11.9 Å². The number of carbonyl (C=O) groups is 1. The molecule has 2 heterocycles. The van der Waals surface area contributed by atoms with Crippen molar-refractivity contribution in [3.8, 4) is 0 Å². The number of hydrogen-bond acceptors (Lipinski definition) is 5. The Morgan fingerprint density at radius 2 is 1.74 bits per heavy atom. The number of amides is 1. The largest absolute Gasteiger partial charge is 0.296 e. The Kier molecular flexibility index (Phi) is 12.5. The second-order valence-corrected chi connectivity index (χ2v) is 8.83. The summed E-state index contributed by atoms with van der Waals surface area (Å²) < 4.78 is 23.0. The summed E-state index contributed by atoms with van der Waals surface area (Å²) in [5, 5.41) is 6.24. The zero-order valence-corrected chi connectivity index (χ0v) is 23.6. The van der Waals surface area contributed by atoms with Crippen LogP contribution >= 0.6 is 9.24 Å². The lowest BCUT2D eigenvalue weighted by molar-refractivity contribution is -0.129. The summed E-state index contributed by atoms with van der Waals surface area (Å²) in [5.74, 6) is -1.45. The van der Waals surface area contributed by atoms with Gasteiger partial charge in [-0.15, -0.1) is 0 Å². The smallest absolute Gasteiger partial charge is 0.239 e. The molecule has 0 spiro atoms. The van der Waals surface area contributed by atoms with E-state index in [9.17, 15) is 13.6 Å². The molecule has 6 nitrogen and oxygen atoms in total. The highest BCUT2D eigenvalue weighted by atomic mass is 31.0. The summed E-state index contributed by atoms with van der Waals surface area (Å²) in [7, 11) is 4.31. The van der Waals surface area contributed by atoms with E-state index >= 15 is 0 Å². The zero-order chi connectivity index (χ0) is 28.1. The van der Waals surface area contributed by atoms with E-state index in [4.69, 9.17) is 5.10 Å². The Morgan fingerprint density at radius 1 is 1.08 bits per heavy atom. The maximum Gasteiger partial charge on any atom is 0.239 e. The molecule has 0 aliphatic carbocycles. The summed E-state index contributed by atoms with van der Waals surface area (Å²) >= 11 is 0. The Morgan fingerprint density at radius 3 is 2.24 bits per heavy atom. The van der Waals surface area contributed by atoms with Crippen molar-refractivity contribution in [1.82, 2.24) is 15.0 Å². The van der Waals surface area contributed by atoms with Gasteiger partial charge in [-0.05, 0) is 48.2 Å². The number of pyridine rings is 2. The fourth-order valence-corrected chi connectivity index (χ4v) is 3.86. The van der Waals surface area contributed by atoms with Gasteiger partial charge < -0.3 is 0 Å². The molecular formula is C29H34F2N5OP. The van der Waals surface area contributed by atoms with Gasteiger partial charge >= 0.3 is 0 Å². The highest BCUT2D eigenvalue weighted by molar-refractivity contribution is 7.16. The molecule has 2 aromatic heterocycles. The minimum absolute atomic E-state index is 0.213. The zero-order valence-electron chi connectivity index (χ0n) is 22.4. The van der Waals surface area contributed by atoms with Crippen LogP contribution in [0.1, 0.15) is 54.1 Å². The van der Waals surface area contributed by atoms with Crippen LogP contribution in [0.5, 0.6) is 0 Å². The molecule has 9 heteroatoms. The fourth-order valence-electron chi connectivity index (χ4n) is 3.67. The molecule has 0 N–H and O–H groups in total. The van der Waals surface area contributed by atoms with E-state index < -0.39 is 5.91 Å². The lowest BCUT2D eigenvalue weighted by Gasteiger charge is -2.20. The number of carbonyl (C=O) groups excluding carboxylic acids is 1. The molecule has 2 atom stereocenters. The lowest BCUT2D eigenvalue weighted by atomic mass is 9.91. The van der Waals surface area contributed by atoms with E-state index in [2.05, 4.69) is 48.5 Å². The number of allylic oxidation sites excluding steroid dienone is 2. The van der Waals surface area contributed by atoms with Crippen LogP contribution in [0.25, 0.3) is 11.1 Å². The third-order valence-electron chi connectivity index (χ3n) is 5.55.